The van der Waals surface area contributed by atoms with Crippen LogP contribution in [0.5, 0.6) is 0 Å². The van der Waals surface area contributed by atoms with E-state index >= 15 is 0 Å². The third kappa shape index (κ3) is 4.57. The summed E-state index contributed by atoms with van der Waals surface area (Å²) >= 11 is 0. The van der Waals surface area contributed by atoms with E-state index in [-0.39, 0.29) is 0 Å². The van der Waals surface area contributed by atoms with Gasteiger partial charge in [0.05, 0.1) is 0 Å². The van der Waals surface area contributed by atoms with Crippen molar-refractivity contribution < 1.29 is 0 Å². The average Bonchev–Trinajstić information content (AvgIpc) is 2.70. The molecule has 0 heterocycles. The SMILES string of the molecule is CC(C)N(CCNC1CCCC1CN)C(C)C. The first kappa shape index (κ1) is 14.9. The molecule has 0 saturated heterocycles. The minimum atomic E-state index is 0.630. The van der Waals surface area contributed by atoms with Gasteiger partial charge in [-0.15, -0.1) is 0 Å². The second-order valence-electron chi connectivity index (χ2n) is 5.91. The summed E-state index contributed by atoms with van der Waals surface area (Å²) in [6.45, 7) is 12.2. The summed E-state index contributed by atoms with van der Waals surface area (Å²) in [5.41, 5.74) is 5.80. The molecule has 0 aromatic rings. The van der Waals surface area contributed by atoms with Crippen LogP contribution in [-0.4, -0.2) is 42.7 Å². The molecule has 0 spiro atoms. The van der Waals surface area contributed by atoms with Crippen molar-refractivity contribution in [1.82, 2.24) is 10.2 Å². The third-order valence-corrected chi connectivity index (χ3v) is 4.06. The molecule has 0 amide bonds. The van der Waals surface area contributed by atoms with Gasteiger partial charge in [0.2, 0.25) is 0 Å². The molecular weight excluding hydrogens is 210 g/mol. The van der Waals surface area contributed by atoms with Crippen LogP contribution in [0.4, 0.5) is 0 Å². The molecule has 2 atom stereocenters. The zero-order valence-corrected chi connectivity index (χ0v) is 12.1. The Kier molecular flexibility index (Phi) is 6.45. The topological polar surface area (TPSA) is 41.3 Å². The smallest absolute Gasteiger partial charge is 0.0112 e. The zero-order valence-electron chi connectivity index (χ0n) is 12.1. The van der Waals surface area contributed by atoms with E-state index in [0.717, 1.165) is 19.6 Å². The quantitative estimate of drug-likeness (QED) is 0.714. The Bertz CT molecular complexity index is 196. The predicted molar refractivity (Wildman–Crippen MR) is 75.2 cm³/mol. The van der Waals surface area contributed by atoms with Gasteiger partial charge in [-0.2, -0.15) is 0 Å². The van der Waals surface area contributed by atoms with Crippen molar-refractivity contribution >= 4 is 0 Å². The molecule has 0 aromatic carbocycles. The van der Waals surface area contributed by atoms with Gasteiger partial charge in [-0.05, 0) is 53.0 Å². The van der Waals surface area contributed by atoms with Crippen molar-refractivity contribution in [3.63, 3.8) is 0 Å². The van der Waals surface area contributed by atoms with Gasteiger partial charge < -0.3 is 11.1 Å². The molecule has 1 aliphatic rings. The van der Waals surface area contributed by atoms with Gasteiger partial charge in [-0.1, -0.05) is 6.42 Å². The standard InChI is InChI=1S/C14H31N3/c1-11(2)17(12(3)4)9-8-16-14-7-5-6-13(14)10-15/h11-14,16H,5-10,15H2,1-4H3. The van der Waals surface area contributed by atoms with E-state index in [4.69, 9.17) is 5.73 Å². The van der Waals surface area contributed by atoms with Crippen molar-refractivity contribution in [1.29, 1.82) is 0 Å². The average molecular weight is 241 g/mol. The fourth-order valence-electron chi connectivity index (χ4n) is 3.08. The number of nitrogens with two attached hydrogens (primary N) is 1. The zero-order chi connectivity index (χ0) is 12.8. The van der Waals surface area contributed by atoms with Crippen LogP contribution in [0.15, 0.2) is 0 Å². The minimum absolute atomic E-state index is 0.630. The third-order valence-electron chi connectivity index (χ3n) is 4.06. The fourth-order valence-corrected chi connectivity index (χ4v) is 3.08. The van der Waals surface area contributed by atoms with Crippen LogP contribution in [-0.2, 0) is 0 Å². The lowest BCUT2D eigenvalue weighted by molar-refractivity contribution is 0.172. The Hall–Kier alpha value is -0.120. The highest BCUT2D eigenvalue weighted by atomic mass is 15.2. The molecule has 0 radical (unpaired) electrons. The second kappa shape index (κ2) is 7.34. The summed E-state index contributed by atoms with van der Waals surface area (Å²) in [4.78, 5) is 2.54. The van der Waals surface area contributed by atoms with Crippen LogP contribution in [0.2, 0.25) is 0 Å². The van der Waals surface area contributed by atoms with Gasteiger partial charge in [0.1, 0.15) is 0 Å². The predicted octanol–water partition coefficient (Wildman–Crippen LogP) is 1.82. The number of rotatable bonds is 7. The van der Waals surface area contributed by atoms with Crippen LogP contribution < -0.4 is 11.1 Å². The van der Waals surface area contributed by atoms with Crippen LogP contribution in [0, 0.1) is 5.92 Å². The van der Waals surface area contributed by atoms with E-state index in [1.807, 2.05) is 0 Å². The maximum absolute atomic E-state index is 5.80. The van der Waals surface area contributed by atoms with E-state index in [9.17, 15) is 0 Å². The molecule has 1 aliphatic carbocycles. The number of hydrogen-bond donors (Lipinski definition) is 2. The lowest BCUT2D eigenvalue weighted by Crippen LogP contribution is -2.44. The normalized spacial score (nSPS) is 25.4. The Morgan fingerprint density at radius 2 is 1.82 bits per heavy atom. The molecular formula is C14H31N3. The Morgan fingerprint density at radius 1 is 1.18 bits per heavy atom. The van der Waals surface area contributed by atoms with Crippen molar-refractivity contribution in [2.24, 2.45) is 11.7 Å². The summed E-state index contributed by atoms with van der Waals surface area (Å²) in [7, 11) is 0. The molecule has 3 nitrogen and oxygen atoms in total. The van der Waals surface area contributed by atoms with Crippen molar-refractivity contribution in [3.05, 3.63) is 0 Å². The molecule has 0 aliphatic heterocycles. The maximum Gasteiger partial charge on any atom is 0.0112 e. The molecule has 2 unspecified atom stereocenters. The first-order valence-corrected chi connectivity index (χ1v) is 7.25. The number of hydrogen-bond acceptors (Lipinski definition) is 3. The molecule has 17 heavy (non-hydrogen) atoms. The lowest BCUT2D eigenvalue weighted by atomic mass is 10.0. The number of nitrogens with one attached hydrogen (secondary N) is 1. The molecule has 1 fully saturated rings. The van der Waals surface area contributed by atoms with Crippen LogP contribution >= 0.6 is 0 Å². The van der Waals surface area contributed by atoms with E-state index in [1.165, 1.54) is 19.3 Å². The highest BCUT2D eigenvalue weighted by Crippen LogP contribution is 2.24. The molecule has 3 heteroatoms. The van der Waals surface area contributed by atoms with E-state index in [0.29, 0.717) is 24.0 Å². The molecule has 1 rings (SSSR count). The summed E-state index contributed by atoms with van der Waals surface area (Å²) < 4.78 is 0. The second-order valence-corrected chi connectivity index (χ2v) is 5.91. The minimum Gasteiger partial charge on any atom is -0.330 e. The van der Waals surface area contributed by atoms with Gasteiger partial charge in [-0.25, -0.2) is 0 Å². The first-order chi connectivity index (χ1) is 8.06. The van der Waals surface area contributed by atoms with Crippen molar-refractivity contribution in [2.45, 2.75) is 65.1 Å². The van der Waals surface area contributed by atoms with Gasteiger partial charge >= 0.3 is 0 Å². The van der Waals surface area contributed by atoms with Crippen molar-refractivity contribution in [3.8, 4) is 0 Å². The molecule has 3 N–H and O–H groups in total. The number of nitrogens with zero attached hydrogens (tertiary/aromatic N) is 1. The Balaban J connectivity index is 2.26. The molecule has 0 aromatic heterocycles. The van der Waals surface area contributed by atoms with Gasteiger partial charge in [0.25, 0.3) is 0 Å². The fraction of sp³-hybridized carbons (Fsp3) is 1.00. The largest absolute Gasteiger partial charge is 0.330 e. The molecule has 1 saturated carbocycles. The van der Waals surface area contributed by atoms with E-state index in [1.54, 1.807) is 0 Å². The highest BCUT2D eigenvalue weighted by molar-refractivity contribution is 4.84. The molecule has 0 bridgehead atoms. The van der Waals surface area contributed by atoms with Gasteiger partial charge in [0, 0.05) is 31.2 Å². The highest BCUT2D eigenvalue weighted by Gasteiger charge is 2.25. The van der Waals surface area contributed by atoms with Crippen LogP contribution in [0.25, 0.3) is 0 Å². The maximum atomic E-state index is 5.80. The Morgan fingerprint density at radius 3 is 2.35 bits per heavy atom. The first-order valence-electron chi connectivity index (χ1n) is 7.25. The summed E-state index contributed by atoms with van der Waals surface area (Å²) in [5, 5.41) is 3.70. The molecule has 102 valence electrons. The Labute approximate surface area is 107 Å². The summed E-state index contributed by atoms with van der Waals surface area (Å²) in [6.07, 6.45) is 3.97. The van der Waals surface area contributed by atoms with Crippen molar-refractivity contribution in [2.75, 3.05) is 19.6 Å². The van der Waals surface area contributed by atoms with Gasteiger partial charge in [0.15, 0.2) is 0 Å². The van der Waals surface area contributed by atoms with Crippen LogP contribution in [0.3, 0.4) is 0 Å². The lowest BCUT2D eigenvalue weighted by Gasteiger charge is -2.31. The van der Waals surface area contributed by atoms with Gasteiger partial charge in [-0.3, -0.25) is 4.90 Å². The van der Waals surface area contributed by atoms with Crippen LogP contribution in [0.1, 0.15) is 47.0 Å². The summed E-state index contributed by atoms with van der Waals surface area (Å²) in [5.74, 6) is 0.710. The van der Waals surface area contributed by atoms with E-state index < -0.39 is 0 Å². The van der Waals surface area contributed by atoms with E-state index in [2.05, 4.69) is 37.9 Å². The monoisotopic (exact) mass is 241 g/mol. The summed E-state index contributed by atoms with van der Waals surface area (Å²) in [6, 6.07) is 1.93.